The smallest absolute Gasteiger partial charge is 0.251 e. The Morgan fingerprint density at radius 3 is 2.58 bits per heavy atom. The van der Waals surface area contributed by atoms with Gasteiger partial charge in [-0.1, -0.05) is 23.2 Å². The van der Waals surface area contributed by atoms with E-state index >= 15 is 4.39 Å². The number of aliphatic hydroxyl groups is 1. The summed E-state index contributed by atoms with van der Waals surface area (Å²) in [6.07, 6.45) is 3.54. The topological polar surface area (TPSA) is 142 Å². The molecule has 0 radical (unpaired) electrons. The first-order valence-corrected chi connectivity index (χ1v) is 16.5. The van der Waals surface area contributed by atoms with Crippen LogP contribution in [0.1, 0.15) is 53.0 Å². The van der Waals surface area contributed by atoms with Crippen LogP contribution in [0.15, 0.2) is 48.0 Å². The van der Waals surface area contributed by atoms with E-state index in [0.29, 0.717) is 33.1 Å². The molecule has 3 aromatic heterocycles. The van der Waals surface area contributed by atoms with E-state index < -0.39 is 35.6 Å². The number of ether oxygens (including phenoxy) is 2. The highest BCUT2D eigenvalue weighted by molar-refractivity contribution is 7.14. The molecule has 1 fully saturated rings. The molecule has 6 rings (SSSR count). The molecular formula is C33H29Cl2F2N5O5S. The summed E-state index contributed by atoms with van der Waals surface area (Å²) in [5.41, 5.74) is 4.23. The van der Waals surface area contributed by atoms with Crippen molar-refractivity contribution in [2.75, 3.05) is 20.3 Å². The summed E-state index contributed by atoms with van der Waals surface area (Å²) in [4.78, 5) is 30.4. The van der Waals surface area contributed by atoms with Crippen molar-refractivity contribution < 1.29 is 33.0 Å². The Bertz CT molecular complexity index is 2070. The maximum atomic E-state index is 15.3. The van der Waals surface area contributed by atoms with Gasteiger partial charge in [0, 0.05) is 39.9 Å². The average molecular weight is 717 g/mol. The van der Waals surface area contributed by atoms with Crippen molar-refractivity contribution in [3.8, 4) is 22.8 Å². The van der Waals surface area contributed by atoms with Crippen molar-refractivity contribution in [3.63, 3.8) is 0 Å². The fourth-order valence-electron chi connectivity index (χ4n) is 5.42. The van der Waals surface area contributed by atoms with Crippen LogP contribution in [0, 0.1) is 11.6 Å². The third-order valence-corrected chi connectivity index (χ3v) is 9.32. The van der Waals surface area contributed by atoms with Gasteiger partial charge in [0.2, 0.25) is 5.91 Å². The summed E-state index contributed by atoms with van der Waals surface area (Å²) in [5.74, 6) is -2.91. The number of primary amides is 1. The largest absolute Gasteiger partial charge is 0.494 e. The lowest BCUT2D eigenvalue weighted by Crippen LogP contribution is -2.42. The van der Waals surface area contributed by atoms with E-state index in [0.717, 1.165) is 30.2 Å². The molecule has 3 heterocycles. The molecule has 0 saturated heterocycles. The molecule has 1 saturated carbocycles. The SMILES string of the molecule is CCOc1c(CC(N)=O)cc(C(O)(CNC(=O)c2cc(OC)c3nn(C4CC4)cc3c2)c2csc(Cl)c2)nc1-c1cc(Cl)c(F)cc1F. The minimum atomic E-state index is -2.09. The number of pyridine rings is 1. The number of hydrogen-bond acceptors (Lipinski definition) is 8. The van der Waals surface area contributed by atoms with Crippen molar-refractivity contribution in [2.45, 2.75) is 37.8 Å². The number of nitrogens with two attached hydrogens (primary N) is 1. The summed E-state index contributed by atoms with van der Waals surface area (Å²) in [5, 5.41) is 21.7. The molecule has 0 aliphatic heterocycles. The van der Waals surface area contributed by atoms with Crippen LogP contribution >= 0.6 is 34.5 Å². The normalized spacial score (nSPS) is 14.1. The minimum absolute atomic E-state index is 0.0106. The number of carbonyl (C=O) groups is 2. The predicted octanol–water partition coefficient (Wildman–Crippen LogP) is 6.18. The third-order valence-electron chi connectivity index (χ3n) is 7.94. The highest BCUT2D eigenvalue weighted by Gasteiger charge is 2.37. The molecule has 1 aliphatic rings. The van der Waals surface area contributed by atoms with Crippen LogP contribution < -0.4 is 20.5 Å². The molecule has 15 heteroatoms. The number of carbonyl (C=O) groups excluding carboxylic acids is 2. The molecule has 5 aromatic rings. The van der Waals surface area contributed by atoms with E-state index in [-0.39, 0.29) is 57.4 Å². The van der Waals surface area contributed by atoms with Gasteiger partial charge in [0.05, 0.1) is 47.8 Å². The van der Waals surface area contributed by atoms with Gasteiger partial charge >= 0.3 is 0 Å². The first-order chi connectivity index (χ1) is 22.9. The third kappa shape index (κ3) is 6.55. The predicted molar refractivity (Wildman–Crippen MR) is 178 cm³/mol. The molecular weight excluding hydrogens is 687 g/mol. The molecule has 2 aromatic carbocycles. The zero-order valence-corrected chi connectivity index (χ0v) is 28.0. The highest BCUT2D eigenvalue weighted by Crippen LogP contribution is 2.41. The number of thiophene rings is 1. The van der Waals surface area contributed by atoms with Crippen LogP contribution in [0.4, 0.5) is 8.78 Å². The molecule has 1 aliphatic carbocycles. The van der Waals surface area contributed by atoms with Crippen molar-refractivity contribution in [1.29, 1.82) is 0 Å². The fourth-order valence-corrected chi connectivity index (χ4v) is 6.53. The van der Waals surface area contributed by atoms with E-state index in [2.05, 4.69) is 15.4 Å². The van der Waals surface area contributed by atoms with Gasteiger partial charge in [-0.05, 0) is 55.5 Å². The Hall–Kier alpha value is -4.30. The van der Waals surface area contributed by atoms with Crippen LogP contribution in [0.2, 0.25) is 9.36 Å². The molecule has 1 unspecified atom stereocenters. The summed E-state index contributed by atoms with van der Waals surface area (Å²) < 4.78 is 43.0. The molecule has 2 amide bonds. The fraction of sp³-hybridized carbons (Fsp3) is 0.273. The second-order valence-corrected chi connectivity index (χ2v) is 13.3. The van der Waals surface area contributed by atoms with Crippen molar-refractivity contribution in [3.05, 3.63) is 91.4 Å². The Morgan fingerprint density at radius 2 is 1.94 bits per heavy atom. The number of fused-ring (bicyclic) bond motifs is 1. The zero-order chi connectivity index (χ0) is 34.3. The lowest BCUT2D eigenvalue weighted by Gasteiger charge is -2.29. The zero-order valence-electron chi connectivity index (χ0n) is 25.7. The van der Waals surface area contributed by atoms with Crippen molar-refractivity contribution in [1.82, 2.24) is 20.1 Å². The number of halogens is 4. The van der Waals surface area contributed by atoms with Crippen LogP contribution in [0.3, 0.4) is 0 Å². The summed E-state index contributed by atoms with van der Waals surface area (Å²) >= 11 is 13.4. The number of benzene rings is 2. The number of amides is 2. The van der Waals surface area contributed by atoms with Gasteiger partial charge in [0.15, 0.2) is 0 Å². The molecule has 48 heavy (non-hydrogen) atoms. The highest BCUT2D eigenvalue weighted by atomic mass is 35.5. The Labute approximate surface area is 287 Å². The number of rotatable bonds is 12. The molecule has 1 atom stereocenters. The maximum Gasteiger partial charge on any atom is 0.251 e. The number of nitrogens with one attached hydrogen (secondary N) is 1. The van der Waals surface area contributed by atoms with E-state index in [9.17, 15) is 19.1 Å². The Morgan fingerprint density at radius 1 is 1.17 bits per heavy atom. The van der Waals surface area contributed by atoms with Gasteiger partial charge in [-0.3, -0.25) is 14.3 Å². The number of hydrogen-bond donors (Lipinski definition) is 3. The molecule has 0 spiro atoms. The molecule has 4 N–H and O–H groups in total. The average Bonchev–Trinajstić information content (AvgIpc) is 3.66. The lowest BCUT2D eigenvalue weighted by molar-refractivity contribution is -0.117. The van der Waals surface area contributed by atoms with Gasteiger partial charge in [0.25, 0.3) is 5.91 Å². The Kier molecular flexibility index (Phi) is 9.31. The van der Waals surface area contributed by atoms with E-state index in [1.54, 1.807) is 24.4 Å². The van der Waals surface area contributed by atoms with Crippen molar-refractivity contribution in [2.24, 2.45) is 5.73 Å². The monoisotopic (exact) mass is 715 g/mol. The standard InChI is InChI=1S/C33H29Cl2F2N5O5S/c1-3-47-31-16(9-28(38)43)8-26(40-30(31)21-11-22(34)24(37)12-23(21)36)33(45,19-10-27(35)48-14-19)15-39-32(44)17-6-18-13-42(20-4-5-20)41-29(18)25(7-17)46-2/h6-8,10-14,20,45H,3-5,9,15H2,1-2H3,(H2,38,43)(H,39,44). The lowest BCUT2D eigenvalue weighted by atomic mass is 9.89. The van der Waals surface area contributed by atoms with Gasteiger partial charge in [-0.25, -0.2) is 13.8 Å². The maximum absolute atomic E-state index is 15.3. The van der Waals surface area contributed by atoms with E-state index in [1.807, 2.05) is 10.9 Å². The summed E-state index contributed by atoms with van der Waals surface area (Å²) in [6.45, 7) is 1.32. The number of aromatic nitrogens is 3. The Balaban J connectivity index is 1.45. The van der Waals surface area contributed by atoms with Gasteiger partial charge in [0.1, 0.15) is 39.9 Å². The second kappa shape index (κ2) is 13.3. The quantitative estimate of drug-likeness (QED) is 0.131. The van der Waals surface area contributed by atoms with E-state index in [1.165, 1.54) is 19.2 Å². The van der Waals surface area contributed by atoms with Gasteiger partial charge in [-0.15, -0.1) is 11.3 Å². The van der Waals surface area contributed by atoms with Gasteiger partial charge < -0.3 is 25.6 Å². The molecule has 10 nitrogen and oxygen atoms in total. The van der Waals surface area contributed by atoms with Crippen LogP contribution in [0.5, 0.6) is 11.5 Å². The second-order valence-electron chi connectivity index (χ2n) is 11.3. The van der Waals surface area contributed by atoms with Gasteiger partial charge in [-0.2, -0.15) is 5.10 Å². The molecule has 250 valence electrons. The molecule has 0 bridgehead atoms. The number of nitrogens with zero attached hydrogens (tertiary/aromatic N) is 3. The first kappa shape index (κ1) is 33.6. The van der Waals surface area contributed by atoms with E-state index in [4.69, 9.17) is 38.4 Å². The first-order valence-electron chi connectivity index (χ1n) is 14.8. The minimum Gasteiger partial charge on any atom is -0.494 e. The van der Waals surface area contributed by atoms with Crippen LogP contribution in [0.25, 0.3) is 22.2 Å². The van der Waals surface area contributed by atoms with Crippen LogP contribution in [-0.4, -0.2) is 51.9 Å². The van der Waals surface area contributed by atoms with Crippen molar-refractivity contribution >= 4 is 57.3 Å². The summed E-state index contributed by atoms with van der Waals surface area (Å²) in [7, 11) is 1.49. The number of methoxy groups -OCH3 is 1. The summed E-state index contributed by atoms with van der Waals surface area (Å²) in [6, 6.07) is 8.08. The van der Waals surface area contributed by atoms with Crippen LogP contribution in [-0.2, 0) is 16.8 Å².